The molecule has 0 radical (unpaired) electrons. The summed E-state index contributed by atoms with van der Waals surface area (Å²) in [4.78, 5) is 59.6. The SMILES string of the molecule is CC(=O)N1CC=C(c2c[nH]c3ccccc23)CC1.CC(=O)N1CCC(c2c[nH]c3ccc(OCc4ccccc4)cc23)CC1.CCN(CC)C(=O)N1CCC(c2c[nH]c3ccccc23)CC1.CS(=O)(=O)N1CC=C(c2c[nH]c3ccccc23)CC1.Cc1ccc2c(C3CCN(S(C)(=O)=O)CC3)c[nH]c2c1. The second-order valence-corrected chi connectivity index (χ2v) is 32.2. The lowest BCUT2D eigenvalue weighted by atomic mass is 9.89. The van der Waals surface area contributed by atoms with Crippen LogP contribution in [-0.4, -0.2) is 179 Å². The number of nitrogens with one attached hydrogen (secondary N) is 5. The van der Waals surface area contributed by atoms with Crippen LogP contribution in [-0.2, 0) is 36.2 Å². The number of ether oxygens (including phenoxy) is 1. The molecular formula is C84H101N11O8S2. The first kappa shape index (κ1) is 75.0. The van der Waals surface area contributed by atoms with Crippen LogP contribution in [0.1, 0.15) is 136 Å². The van der Waals surface area contributed by atoms with Crippen LogP contribution in [0.25, 0.3) is 65.7 Å². The molecule has 0 unspecified atom stereocenters. The number of amides is 4. The van der Waals surface area contributed by atoms with E-state index < -0.39 is 20.0 Å². The number of para-hydroxylation sites is 3. The van der Waals surface area contributed by atoms with Gasteiger partial charge in [-0.3, -0.25) is 9.59 Å². The predicted molar refractivity (Wildman–Crippen MR) is 425 cm³/mol. The maximum atomic E-state index is 12.4. The summed E-state index contributed by atoms with van der Waals surface area (Å²) in [6.07, 6.45) is 24.8. The quantitative estimate of drug-likeness (QED) is 0.0788. The lowest BCUT2D eigenvalue weighted by Gasteiger charge is -2.35. The van der Waals surface area contributed by atoms with Crippen LogP contribution >= 0.6 is 0 Å². The molecule has 5 aliphatic heterocycles. The molecule has 0 aliphatic carbocycles. The highest BCUT2D eigenvalue weighted by atomic mass is 32.2. The minimum Gasteiger partial charge on any atom is -0.489 e. The topological polar surface area (TPSA) is 227 Å². The van der Waals surface area contributed by atoms with E-state index in [4.69, 9.17) is 4.74 Å². The minimum atomic E-state index is -3.08. The number of fused-ring (bicyclic) bond motifs is 5. The summed E-state index contributed by atoms with van der Waals surface area (Å²) in [6.45, 7) is 18.8. The maximum Gasteiger partial charge on any atom is 0.319 e. The van der Waals surface area contributed by atoms with Gasteiger partial charge in [-0.1, -0.05) is 109 Å². The van der Waals surface area contributed by atoms with Crippen LogP contribution in [0.2, 0.25) is 0 Å². The van der Waals surface area contributed by atoms with Crippen LogP contribution in [0.5, 0.6) is 5.75 Å². The first-order valence-electron chi connectivity index (χ1n) is 37.1. The van der Waals surface area contributed by atoms with Crippen molar-refractivity contribution >= 4 is 104 Å². The molecule has 10 heterocycles. The van der Waals surface area contributed by atoms with E-state index in [1.807, 2.05) is 94.3 Å². The Kier molecular flexibility index (Phi) is 24.3. The lowest BCUT2D eigenvalue weighted by Crippen LogP contribution is -2.46. The molecule has 6 aromatic carbocycles. The number of rotatable bonds is 12. The fourth-order valence-corrected chi connectivity index (χ4v) is 17.1. The highest BCUT2D eigenvalue weighted by Crippen LogP contribution is 2.38. The van der Waals surface area contributed by atoms with Gasteiger partial charge >= 0.3 is 6.03 Å². The van der Waals surface area contributed by atoms with Crippen molar-refractivity contribution in [3.05, 3.63) is 222 Å². The Morgan fingerprint density at radius 3 is 1.40 bits per heavy atom. The van der Waals surface area contributed by atoms with Gasteiger partial charge in [0.1, 0.15) is 12.4 Å². The van der Waals surface area contributed by atoms with Crippen molar-refractivity contribution in [1.29, 1.82) is 0 Å². The van der Waals surface area contributed by atoms with Gasteiger partial charge in [-0.2, -0.15) is 4.31 Å². The second-order valence-electron chi connectivity index (χ2n) is 28.3. The zero-order valence-electron chi connectivity index (χ0n) is 61.7. The smallest absolute Gasteiger partial charge is 0.319 e. The van der Waals surface area contributed by atoms with Crippen molar-refractivity contribution in [2.75, 3.05) is 91.0 Å². The molecule has 3 fully saturated rings. The molecule has 0 saturated carbocycles. The maximum absolute atomic E-state index is 12.4. The molecule has 3 saturated heterocycles. The van der Waals surface area contributed by atoms with Crippen LogP contribution in [0, 0.1) is 6.92 Å². The number of nitrogens with zero attached hydrogens (tertiary/aromatic N) is 6. The number of aromatic nitrogens is 5. The number of H-pyrrole nitrogens is 5. The fraction of sp³-hybridized carbons (Fsp3) is 0.369. The van der Waals surface area contributed by atoms with Crippen molar-refractivity contribution in [2.45, 2.75) is 110 Å². The Morgan fingerprint density at radius 1 is 0.448 bits per heavy atom. The summed E-state index contributed by atoms with van der Waals surface area (Å²) in [5.74, 6) is 2.72. The zero-order valence-corrected chi connectivity index (χ0v) is 63.3. The van der Waals surface area contributed by atoms with Gasteiger partial charge in [0.2, 0.25) is 31.9 Å². The Balaban J connectivity index is 0.000000124. The molecule has 105 heavy (non-hydrogen) atoms. The lowest BCUT2D eigenvalue weighted by molar-refractivity contribution is -0.130. The van der Waals surface area contributed by atoms with E-state index in [2.05, 4.69) is 154 Å². The number of carbonyl (C=O) groups excluding carboxylic acids is 3. The van der Waals surface area contributed by atoms with E-state index in [0.29, 0.717) is 50.5 Å². The Labute approximate surface area is 617 Å². The normalized spacial score (nSPS) is 16.7. The molecular weight excluding hydrogens is 1360 g/mol. The van der Waals surface area contributed by atoms with E-state index >= 15 is 0 Å². The average molecular weight is 1460 g/mol. The zero-order chi connectivity index (χ0) is 73.8. The highest BCUT2D eigenvalue weighted by molar-refractivity contribution is 7.88. The second kappa shape index (κ2) is 34.1. The molecule has 0 atom stereocenters. The first-order chi connectivity index (χ1) is 50.7. The summed E-state index contributed by atoms with van der Waals surface area (Å²) in [5.41, 5.74) is 17.3. The van der Waals surface area contributed by atoms with Crippen molar-refractivity contribution in [2.24, 2.45) is 0 Å². The molecule has 0 spiro atoms. The first-order valence-corrected chi connectivity index (χ1v) is 40.8. The number of aromatic amines is 5. The number of likely N-dealkylation sites (tertiary alicyclic amines) is 2. The van der Waals surface area contributed by atoms with Crippen LogP contribution in [0.4, 0.5) is 4.79 Å². The molecule has 552 valence electrons. The van der Waals surface area contributed by atoms with Crippen LogP contribution in [0.3, 0.4) is 0 Å². The third-order valence-electron chi connectivity index (χ3n) is 21.6. The minimum absolute atomic E-state index is 0.157. The van der Waals surface area contributed by atoms with Crippen molar-refractivity contribution in [1.82, 2.24) is 53.1 Å². The monoisotopic (exact) mass is 1460 g/mol. The van der Waals surface area contributed by atoms with Crippen molar-refractivity contribution in [3.63, 3.8) is 0 Å². The summed E-state index contributed by atoms with van der Waals surface area (Å²) in [5, 5.41) is 6.29. The molecule has 19 nitrogen and oxygen atoms in total. The summed E-state index contributed by atoms with van der Waals surface area (Å²) in [6, 6.07) is 48.1. The highest BCUT2D eigenvalue weighted by Gasteiger charge is 2.30. The molecule has 4 amide bonds. The standard InChI is InChI=1S/C22H24N2O2.C18H25N3O.C15H20N2O2S.C15H16N2O.C14H16N2O2S/c1-16(25)24-11-9-18(10-12-24)21-14-23-22-8-7-19(13-20(21)22)26-15-17-5-3-2-4-6-17;1-3-20(4-2)18(22)21-11-9-14(10-12-21)16-13-19-17-8-6-5-7-15(16)17;1-11-3-4-13-14(10-16-15(13)9-11)12-5-7-17(8-6-12)20(2,18)19;1-11(18)17-8-6-12(7-9-17)14-10-16-15-5-3-2-4-13(14)15;1-19(17,18)16-8-6-11(7-9-16)13-10-15-14-5-3-2-4-12(13)14/h2-8,13-14,18,23H,9-12,15H2,1H3;5-8,13-14,19H,3-4,9-12H2,1-2H3;3-4,9-10,12,16H,5-8H2,1-2H3;2-6,10,16H,7-9H2,1H3;2-6,10,15H,7-9H2,1H3. The van der Waals surface area contributed by atoms with Gasteiger partial charge in [-0.05, 0) is 171 Å². The third kappa shape index (κ3) is 18.4. The number of benzene rings is 6. The molecule has 0 bridgehead atoms. The average Bonchev–Trinajstić information content (AvgIpc) is 1.91. The van der Waals surface area contributed by atoms with Crippen LogP contribution < -0.4 is 4.74 Å². The number of hydrogen-bond acceptors (Lipinski definition) is 8. The van der Waals surface area contributed by atoms with E-state index in [9.17, 15) is 31.2 Å². The number of piperidine rings is 3. The molecule has 11 aromatic rings. The van der Waals surface area contributed by atoms with Gasteiger partial charge < -0.3 is 49.3 Å². The Morgan fingerprint density at radius 2 is 0.895 bits per heavy atom. The largest absolute Gasteiger partial charge is 0.489 e. The number of sulfonamides is 2. The number of urea groups is 1. The fourth-order valence-electron chi connectivity index (χ4n) is 15.5. The summed E-state index contributed by atoms with van der Waals surface area (Å²) in [7, 11) is -6.12. The number of carbonyl (C=O) groups is 3. The van der Waals surface area contributed by atoms with Gasteiger partial charge in [0.05, 0.1) is 12.5 Å². The molecule has 5 aromatic heterocycles. The van der Waals surface area contributed by atoms with Gasteiger partial charge in [-0.25, -0.2) is 25.9 Å². The van der Waals surface area contributed by atoms with E-state index in [-0.39, 0.29) is 17.8 Å². The molecule has 5 N–H and O–H groups in total. The van der Waals surface area contributed by atoms with Gasteiger partial charge in [0, 0.05) is 189 Å². The third-order valence-corrected chi connectivity index (χ3v) is 24.1. The van der Waals surface area contributed by atoms with E-state index in [1.165, 1.54) is 110 Å². The predicted octanol–water partition coefficient (Wildman–Crippen LogP) is 15.9. The Hall–Kier alpha value is -9.67. The van der Waals surface area contributed by atoms with Gasteiger partial charge in [0.25, 0.3) is 0 Å². The van der Waals surface area contributed by atoms with Gasteiger partial charge in [-0.15, -0.1) is 0 Å². The van der Waals surface area contributed by atoms with Gasteiger partial charge in [0.15, 0.2) is 0 Å². The molecule has 5 aliphatic rings. The van der Waals surface area contributed by atoms with E-state index in [0.717, 1.165) is 121 Å². The molecule has 16 rings (SSSR count). The van der Waals surface area contributed by atoms with Crippen molar-refractivity contribution in [3.8, 4) is 5.75 Å². The Bertz CT molecular complexity index is 5100. The summed E-state index contributed by atoms with van der Waals surface area (Å²) >= 11 is 0. The number of aryl methyl sites for hydroxylation is 1. The van der Waals surface area contributed by atoms with E-state index in [1.54, 1.807) is 18.2 Å². The van der Waals surface area contributed by atoms with Crippen molar-refractivity contribution < 1.29 is 36.0 Å². The van der Waals surface area contributed by atoms with Crippen LogP contribution in [0.15, 0.2) is 183 Å². The molecule has 21 heteroatoms. The summed E-state index contributed by atoms with van der Waals surface area (Å²) < 4.78 is 55.1. The number of hydrogen-bond donors (Lipinski definition) is 5.